The number of hydrogen-bond donors (Lipinski definition) is 1. The van der Waals surface area contributed by atoms with E-state index in [-0.39, 0.29) is 12.6 Å². The molecule has 184 valence electrons. The van der Waals surface area contributed by atoms with Crippen LogP contribution in [0.3, 0.4) is 0 Å². The Morgan fingerprint density at radius 1 is 1.15 bits per heavy atom. The van der Waals surface area contributed by atoms with Crippen LogP contribution in [0, 0.1) is 3.83 Å². The van der Waals surface area contributed by atoms with Gasteiger partial charge in [-0.2, -0.15) is 0 Å². The van der Waals surface area contributed by atoms with Gasteiger partial charge in [0.25, 0.3) is 0 Å². The van der Waals surface area contributed by atoms with Gasteiger partial charge in [-0.05, 0) is 6.42 Å². The van der Waals surface area contributed by atoms with Gasteiger partial charge in [0.15, 0.2) is 39.2 Å². The third-order valence-corrected chi connectivity index (χ3v) is 5.76. The summed E-state index contributed by atoms with van der Waals surface area (Å²) in [7, 11) is 0. The standard InChI is InChI=1S/C20H24IN5O8/c1-9(27)31-7-13-15(32-10(2)28)16(33-11(3)29)19(34-13)26-8-22-14-17(23-12-4-5-30-6-12)24-20(21)25-18(14)26/h8,12-13,15-16,19H,4-7H2,1-3H3,(H,23,24,25)/t12?,13-,15+,16+,19+/m0/s1. The number of esters is 3. The molecule has 0 radical (unpaired) electrons. The van der Waals surface area contributed by atoms with Crippen LogP contribution in [-0.2, 0) is 38.1 Å². The summed E-state index contributed by atoms with van der Waals surface area (Å²) in [5.41, 5.74) is 0.919. The number of fused-ring (bicyclic) bond motifs is 1. The number of nitrogens with zero attached hydrogens (tertiary/aromatic N) is 4. The van der Waals surface area contributed by atoms with E-state index in [9.17, 15) is 14.4 Å². The molecule has 4 heterocycles. The van der Waals surface area contributed by atoms with Gasteiger partial charge in [-0.25, -0.2) is 15.0 Å². The van der Waals surface area contributed by atoms with Crippen molar-refractivity contribution < 1.29 is 38.1 Å². The smallest absolute Gasteiger partial charge is 0.303 e. The molecular formula is C20H24IN5O8. The fourth-order valence-corrected chi connectivity index (χ4v) is 4.40. The second-order valence-electron chi connectivity index (χ2n) is 7.89. The van der Waals surface area contributed by atoms with Gasteiger partial charge in [-0.3, -0.25) is 19.0 Å². The van der Waals surface area contributed by atoms with Crippen molar-refractivity contribution in [3.63, 3.8) is 0 Å². The van der Waals surface area contributed by atoms with E-state index in [0.717, 1.165) is 6.42 Å². The maximum Gasteiger partial charge on any atom is 0.303 e. The molecule has 5 atom stereocenters. The highest BCUT2D eigenvalue weighted by molar-refractivity contribution is 14.1. The summed E-state index contributed by atoms with van der Waals surface area (Å²) >= 11 is 2.00. The summed E-state index contributed by atoms with van der Waals surface area (Å²) in [5, 5.41) is 3.34. The Bertz CT molecular complexity index is 1090. The van der Waals surface area contributed by atoms with Crippen molar-refractivity contribution in [1.29, 1.82) is 0 Å². The van der Waals surface area contributed by atoms with Gasteiger partial charge < -0.3 is 29.0 Å². The minimum atomic E-state index is -1.04. The summed E-state index contributed by atoms with van der Waals surface area (Å²) < 4.78 is 29.6. The van der Waals surface area contributed by atoms with Gasteiger partial charge in [0.1, 0.15) is 12.7 Å². The lowest BCUT2D eigenvalue weighted by molar-refractivity contribution is -0.166. The van der Waals surface area contributed by atoms with Crippen molar-refractivity contribution in [3.05, 3.63) is 10.2 Å². The van der Waals surface area contributed by atoms with Crippen LogP contribution in [0.1, 0.15) is 33.4 Å². The highest BCUT2D eigenvalue weighted by Gasteiger charge is 2.51. The molecule has 0 spiro atoms. The number of carbonyl (C=O) groups is 3. The number of ether oxygens (including phenoxy) is 5. The van der Waals surface area contributed by atoms with E-state index in [1.54, 1.807) is 4.57 Å². The summed E-state index contributed by atoms with van der Waals surface area (Å²) in [4.78, 5) is 48.5. The fourth-order valence-electron chi connectivity index (χ4n) is 3.94. The van der Waals surface area contributed by atoms with Crippen molar-refractivity contribution in [2.24, 2.45) is 0 Å². The molecule has 1 unspecified atom stereocenters. The van der Waals surface area contributed by atoms with Crippen LogP contribution in [0.15, 0.2) is 6.33 Å². The molecule has 4 rings (SSSR count). The van der Waals surface area contributed by atoms with Crippen LogP contribution < -0.4 is 5.32 Å². The largest absolute Gasteiger partial charge is 0.463 e. The van der Waals surface area contributed by atoms with E-state index in [1.165, 1.54) is 27.1 Å². The van der Waals surface area contributed by atoms with E-state index in [0.29, 0.717) is 34.0 Å². The Labute approximate surface area is 208 Å². The lowest BCUT2D eigenvalue weighted by atomic mass is 10.1. The van der Waals surface area contributed by atoms with E-state index >= 15 is 0 Å². The molecule has 2 aliphatic heterocycles. The Kier molecular flexibility index (Phi) is 7.47. The van der Waals surface area contributed by atoms with Gasteiger partial charge in [0, 0.05) is 50.0 Å². The number of rotatable bonds is 7. The molecule has 0 bridgehead atoms. The number of aromatic nitrogens is 4. The predicted octanol–water partition coefficient (Wildman–Crippen LogP) is 0.956. The van der Waals surface area contributed by atoms with Gasteiger partial charge in [-0.15, -0.1) is 0 Å². The van der Waals surface area contributed by atoms with Crippen LogP contribution in [0.5, 0.6) is 0 Å². The zero-order valence-corrected chi connectivity index (χ0v) is 20.9. The molecule has 2 aliphatic rings. The monoisotopic (exact) mass is 589 g/mol. The average Bonchev–Trinajstić information content (AvgIpc) is 3.46. The first kappa shape index (κ1) is 24.5. The molecule has 1 N–H and O–H groups in total. The van der Waals surface area contributed by atoms with Crippen molar-refractivity contribution in [1.82, 2.24) is 19.5 Å². The van der Waals surface area contributed by atoms with Crippen molar-refractivity contribution >= 4 is 57.5 Å². The van der Waals surface area contributed by atoms with Crippen LogP contribution in [0.4, 0.5) is 5.82 Å². The third-order valence-electron chi connectivity index (χ3n) is 5.28. The fraction of sp³-hybridized carbons (Fsp3) is 0.600. The molecule has 2 saturated heterocycles. The van der Waals surface area contributed by atoms with E-state index < -0.39 is 42.4 Å². The normalized spacial score (nSPS) is 26.4. The molecule has 34 heavy (non-hydrogen) atoms. The minimum absolute atomic E-state index is 0.0945. The van der Waals surface area contributed by atoms with E-state index in [1.807, 2.05) is 22.6 Å². The van der Waals surface area contributed by atoms with Crippen molar-refractivity contribution in [2.75, 3.05) is 25.1 Å². The van der Waals surface area contributed by atoms with Gasteiger partial charge in [0.2, 0.25) is 0 Å². The second kappa shape index (κ2) is 10.4. The van der Waals surface area contributed by atoms with Crippen molar-refractivity contribution in [3.8, 4) is 0 Å². The van der Waals surface area contributed by atoms with E-state index in [2.05, 4.69) is 20.3 Å². The van der Waals surface area contributed by atoms with Crippen LogP contribution in [-0.4, -0.2) is 81.6 Å². The SMILES string of the molecule is CC(=O)OC[C@@H]1O[C@@H](n2cnc3c(NC4CCOC4)nc(I)nc32)[C@H](OC(C)=O)[C@@H]1OC(C)=O. The molecule has 2 aromatic heterocycles. The highest BCUT2D eigenvalue weighted by atomic mass is 127. The average molecular weight is 589 g/mol. The molecule has 0 aliphatic carbocycles. The minimum Gasteiger partial charge on any atom is -0.463 e. The molecule has 0 saturated carbocycles. The van der Waals surface area contributed by atoms with Gasteiger partial charge in [0.05, 0.1) is 19.0 Å². The molecular weight excluding hydrogens is 565 g/mol. The van der Waals surface area contributed by atoms with Gasteiger partial charge in [-0.1, -0.05) is 0 Å². The Morgan fingerprint density at radius 2 is 1.88 bits per heavy atom. The molecule has 0 amide bonds. The van der Waals surface area contributed by atoms with Gasteiger partial charge >= 0.3 is 17.9 Å². The molecule has 14 heteroatoms. The number of halogens is 1. The Hall–Kier alpha value is -2.59. The summed E-state index contributed by atoms with van der Waals surface area (Å²) in [6.45, 7) is 4.75. The predicted molar refractivity (Wildman–Crippen MR) is 123 cm³/mol. The Morgan fingerprint density at radius 3 is 2.53 bits per heavy atom. The second-order valence-corrected chi connectivity index (χ2v) is 8.85. The number of anilines is 1. The molecule has 13 nitrogen and oxygen atoms in total. The zero-order valence-electron chi connectivity index (χ0n) is 18.7. The van der Waals surface area contributed by atoms with Crippen molar-refractivity contribution in [2.45, 2.75) is 57.8 Å². The molecule has 2 aromatic rings. The van der Waals surface area contributed by atoms with E-state index in [4.69, 9.17) is 23.7 Å². The summed E-state index contributed by atoms with van der Waals surface area (Å²) in [5.74, 6) is -1.18. The summed E-state index contributed by atoms with van der Waals surface area (Å²) in [6, 6.07) is 0.0945. The van der Waals surface area contributed by atoms with Crippen LogP contribution in [0.25, 0.3) is 11.2 Å². The lowest BCUT2D eigenvalue weighted by Crippen LogP contribution is -2.40. The molecule has 0 aromatic carbocycles. The maximum atomic E-state index is 11.9. The van der Waals surface area contributed by atoms with Crippen LogP contribution in [0.2, 0.25) is 0 Å². The third kappa shape index (κ3) is 5.38. The first-order valence-corrected chi connectivity index (χ1v) is 11.7. The first-order valence-electron chi connectivity index (χ1n) is 10.6. The number of hydrogen-bond acceptors (Lipinski definition) is 12. The number of nitrogens with one attached hydrogen (secondary N) is 1. The highest BCUT2D eigenvalue weighted by Crippen LogP contribution is 2.36. The maximum absolute atomic E-state index is 11.9. The Balaban J connectivity index is 1.71. The number of carbonyl (C=O) groups excluding carboxylic acids is 3. The number of imidazole rings is 1. The zero-order chi connectivity index (χ0) is 24.4. The first-order chi connectivity index (χ1) is 16.2. The quantitative estimate of drug-likeness (QED) is 0.212. The topological polar surface area (TPSA) is 153 Å². The van der Waals surface area contributed by atoms with Crippen LogP contribution >= 0.6 is 22.6 Å². The summed E-state index contributed by atoms with van der Waals surface area (Å²) in [6.07, 6.45) is -1.55. The lowest BCUT2D eigenvalue weighted by Gasteiger charge is -2.23. The molecule has 2 fully saturated rings.